The summed E-state index contributed by atoms with van der Waals surface area (Å²) in [5.41, 5.74) is 1.14. The van der Waals surface area contributed by atoms with E-state index < -0.39 is 17.8 Å². The van der Waals surface area contributed by atoms with Crippen LogP contribution >= 0.6 is 23.2 Å². The van der Waals surface area contributed by atoms with Crippen molar-refractivity contribution in [1.29, 1.82) is 0 Å². The topological polar surface area (TPSA) is 72.8 Å². The molecule has 1 aliphatic heterocycles. The molecule has 0 radical (unpaired) electrons. The summed E-state index contributed by atoms with van der Waals surface area (Å²) in [4.78, 5) is 21.2. The SMILES string of the molecule is CCOCC1=C(C(=O)OC)C(c2ccc(Cl)cc2Cl)N=C(c2ncccc2F)N1. The van der Waals surface area contributed by atoms with Crippen molar-refractivity contribution in [3.63, 3.8) is 0 Å². The number of carbonyl (C=O) groups excluding carboxylic acids is 1. The number of amidine groups is 1. The van der Waals surface area contributed by atoms with Crippen molar-refractivity contribution in [2.24, 2.45) is 4.99 Å². The molecule has 0 saturated heterocycles. The predicted octanol–water partition coefficient (Wildman–Crippen LogP) is 4.08. The molecule has 9 heteroatoms. The highest BCUT2D eigenvalue weighted by Gasteiger charge is 2.34. The summed E-state index contributed by atoms with van der Waals surface area (Å²) in [6.07, 6.45) is 1.45. The highest BCUT2D eigenvalue weighted by Crippen LogP contribution is 2.37. The molecule has 0 bridgehead atoms. The monoisotopic (exact) mass is 437 g/mol. The lowest BCUT2D eigenvalue weighted by molar-refractivity contribution is -0.136. The third-order valence-electron chi connectivity index (χ3n) is 4.22. The number of aliphatic imine (C=N–C) groups is 1. The van der Waals surface area contributed by atoms with Crippen molar-refractivity contribution in [2.75, 3.05) is 20.3 Å². The molecule has 1 aromatic carbocycles. The molecule has 1 aromatic heterocycles. The number of hydrogen-bond acceptors (Lipinski definition) is 6. The lowest BCUT2D eigenvalue weighted by Gasteiger charge is -2.27. The standard InChI is InChI=1S/C20H18Cl2FN3O3/c1-3-29-10-15-16(20(27)28-2)17(12-7-6-11(21)9-13(12)22)26-19(25-15)18-14(23)5-4-8-24-18/h4-9,17H,3,10H2,1-2H3,(H,25,26). The number of nitrogens with one attached hydrogen (secondary N) is 1. The van der Waals surface area contributed by atoms with Crippen LogP contribution in [0.4, 0.5) is 4.39 Å². The van der Waals surface area contributed by atoms with Gasteiger partial charge in [0.05, 0.1) is 25.0 Å². The van der Waals surface area contributed by atoms with Crippen molar-refractivity contribution in [2.45, 2.75) is 13.0 Å². The van der Waals surface area contributed by atoms with Crippen molar-refractivity contribution in [3.8, 4) is 0 Å². The number of methoxy groups -OCH3 is 1. The first-order valence-electron chi connectivity index (χ1n) is 8.76. The predicted molar refractivity (Wildman–Crippen MR) is 109 cm³/mol. The fourth-order valence-corrected chi connectivity index (χ4v) is 3.40. The molecule has 0 fully saturated rings. The molecule has 29 heavy (non-hydrogen) atoms. The number of carbonyl (C=O) groups is 1. The average molecular weight is 438 g/mol. The zero-order chi connectivity index (χ0) is 21.0. The van der Waals surface area contributed by atoms with Crippen LogP contribution in [0.15, 0.2) is 52.8 Å². The minimum Gasteiger partial charge on any atom is -0.466 e. The Morgan fingerprint density at radius 1 is 1.31 bits per heavy atom. The molecule has 1 atom stereocenters. The van der Waals surface area contributed by atoms with Crippen LogP contribution in [0, 0.1) is 5.82 Å². The van der Waals surface area contributed by atoms with Gasteiger partial charge in [-0.2, -0.15) is 0 Å². The number of nitrogens with zero attached hydrogens (tertiary/aromatic N) is 2. The van der Waals surface area contributed by atoms with Gasteiger partial charge in [0, 0.05) is 28.4 Å². The van der Waals surface area contributed by atoms with E-state index in [-0.39, 0.29) is 23.7 Å². The van der Waals surface area contributed by atoms with Gasteiger partial charge in [0.15, 0.2) is 11.7 Å². The van der Waals surface area contributed by atoms with Gasteiger partial charge in [0.2, 0.25) is 0 Å². The first-order valence-corrected chi connectivity index (χ1v) is 9.51. The number of ether oxygens (including phenoxy) is 2. The lowest BCUT2D eigenvalue weighted by atomic mass is 9.95. The summed E-state index contributed by atoms with van der Waals surface area (Å²) < 4.78 is 24.8. The maximum atomic E-state index is 14.4. The first kappa shape index (κ1) is 21.2. The normalized spacial score (nSPS) is 16.3. The van der Waals surface area contributed by atoms with E-state index in [2.05, 4.69) is 15.3 Å². The summed E-state index contributed by atoms with van der Waals surface area (Å²) in [6.45, 7) is 2.30. The van der Waals surface area contributed by atoms with Gasteiger partial charge in [-0.1, -0.05) is 29.3 Å². The third kappa shape index (κ3) is 4.58. The molecule has 0 amide bonds. The second-order valence-corrected chi connectivity index (χ2v) is 6.87. The van der Waals surface area contributed by atoms with Crippen LogP contribution in [-0.4, -0.2) is 37.1 Å². The molecule has 0 saturated carbocycles. The van der Waals surface area contributed by atoms with E-state index in [1.807, 2.05) is 6.92 Å². The number of hydrogen-bond donors (Lipinski definition) is 1. The smallest absolute Gasteiger partial charge is 0.338 e. The summed E-state index contributed by atoms with van der Waals surface area (Å²) in [6, 6.07) is 6.75. The van der Waals surface area contributed by atoms with Crippen molar-refractivity contribution in [1.82, 2.24) is 10.3 Å². The summed E-state index contributed by atoms with van der Waals surface area (Å²) in [7, 11) is 1.27. The molecule has 2 heterocycles. The van der Waals surface area contributed by atoms with E-state index in [1.54, 1.807) is 18.2 Å². The molecule has 6 nitrogen and oxygen atoms in total. The Bertz CT molecular complexity index is 995. The number of pyridine rings is 1. The van der Waals surface area contributed by atoms with Gasteiger partial charge < -0.3 is 14.8 Å². The number of rotatable bonds is 6. The molecule has 0 aliphatic carbocycles. The number of esters is 1. The van der Waals surface area contributed by atoms with Crippen LogP contribution in [0.25, 0.3) is 0 Å². The van der Waals surface area contributed by atoms with Crippen LogP contribution in [0.5, 0.6) is 0 Å². The fourth-order valence-electron chi connectivity index (χ4n) is 2.89. The second-order valence-electron chi connectivity index (χ2n) is 6.03. The number of aromatic nitrogens is 1. The second kappa shape index (κ2) is 9.35. The van der Waals surface area contributed by atoms with Crippen molar-refractivity contribution < 1.29 is 18.7 Å². The van der Waals surface area contributed by atoms with Gasteiger partial charge >= 0.3 is 5.97 Å². The average Bonchev–Trinajstić information content (AvgIpc) is 2.71. The molecular weight excluding hydrogens is 420 g/mol. The molecule has 2 aromatic rings. The van der Waals surface area contributed by atoms with Gasteiger partial charge in [0.1, 0.15) is 11.7 Å². The third-order valence-corrected chi connectivity index (χ3v) is 4.78. The van der Waals surface area contributed by atoms with Crippen LogP contribution in [0.3, 0.4) is 0 Å². The van der Waals surface area contributed by atoms with Gasteiger partial charge in [-0.25, -0.2) is 14.2 Å². The summed E-state index contributed by atoms with van der Waals surface area (Å²) in [5, 5.41) is 3.72. The van der Waals surface area contributed by atoms with Gasteiger partial charge in [-0.05, 0) is 31.2 Å². The zero-order valence-corrected chi connectivity index (χ0v) is 17.2. The lowest BCUT2D eigenvalue weighted by Crippen LogP contribution is -2.36. The Labute approximate surface area is 177 Å². The molecule has 0 spiro atoms. The Morgan fingerprint density at radius 2 is 2.10 bits per heavy atom. The maximum absolute atomic E-state index is 14.4. The quantitative estimate of drug-likeness (QED) is 0.689. The minimum atomic E-state index is -0.861. The Kier molecular flexibility index (Phi) is 6.84. The van der Waals surface area contributed by atoms with Crippen LogP contribution < -0.4 is 5.32 Å². The van der Waals surface area contributed by atoms with Gasteiger partial charge in [0.25, 0.3) is 0 Å². The number of halogens is 3. The van der Waals surface area contributed by atoms with Gasteiger partial charge in [-0.3, -0.25) is 4.99 Å². The van der Waals surface area contributed by atoms with Crippen LogP contribution in [0.2, 0.25) is 10.0 Å². The van der Waals surface area contributed by atoms with E-state index in [9.17, 15) is 9.18 Å². The Hall–Kier alpha value is -2.48. The van der Waals surface area contributed by atoms with E-state index >= 15 is 0 Å². The molecule has 1 aliphatic rings. The maximum Gasteiger partial charge on any atom is 0.338 e. The highest BCUT2D eigenvalue weighted by molar-refractivity contribution is 6.35. The molecule has 1 unspecified atom stereocenters. The summed E-state index contributed by atoms with van der Waals surface area (Å²) in [5.74, 6) is -1.01. The fraction of sp³-hybridized carbons (Fsp3) is 0.250. The summed E-state index contributed by atoms with van der Waals surface area (Å²) >= 11 is 12.4. The Balaban J connectivity index is 2.19. The van der Waals surface area contributed by atoms with Crippen molar-refractivity contribution >= 4 is 35.0 Å². The zero-order valence-electron chi connectivity index (χ0n) is 15.7. The minimum absolute atomic E-state index is 0.0144. The highest BCUT2D eigenvalue weighted by atomic mass is 35.5. The van der Waals surface area contributed by atoms with Crippen molar-refractivity contribution in [3.05, 3.63) is 74.9 Å². The molecule has 1 N–H and O–H groups in total. The largest absolute Gasteiger partial charge is 0.466 e. The van der Waals surface area contributed by atoms with E-state index in [4.69, 9.17) is 32.7 Å². The molecule has 152 valence electrons. The van der Waals surface area contributed by atoms with E-state index in [1.165, 1.54) is 25.4 Å². The van der Waals surface area contributed by atoms with Gasteiger partial charge in [-0.15, -0.1) is 0 Å². The Morgan fingerprint density at radius 3 is 2.76 bits per heavy atom. The molecular formula is C20H18Cl2FN3O3. The number of benzene rings is 1. The van der Waals surface area contributed by atoms with E-state index in [0.717, 1.165) is 0 Å². The van der Waals surface area contributed by atoms with E-state index in [0.29, 0.717) is 27.9 Å². The first-order chi connectivity index (χ1) is 14.0. The van der Waals surface area contributed by atoms with Crippen LogP contribution in [-0.2, 0) is 14.3 Å². The van der Waals surface area contributed by atoms with Crippen LogP contribution in [0.1, 0.15) is 24.2 Å². The molecule has 3 rings (SSSR count).